The van der Waals surface area contributed by atoms with Gasteiger partial charge in [0.2, 0.25) is 0 Å². The Morgan fingerprint density at radius 3 is 2.33 bits per heavy atom. The van der Waals surface area contributed by atoms with Crippen LogP contribution >= 0.6 is 23.8 Å². The van der Waals surface area contributed by atoms with Crippen LogP contribution in [0.25, 0.3) is 0 Å². The smallest absolute Gasteiger partial charge is 0.387 e. The molecule has 0 heterocycles. The molecule has 21 heavy (non-hydrogen) atoms. The van der Waals surface area contributed by atoms with Gasteiger partial charge in [0.1, 0.15) is 5.75 Å². The van der Waals surface area contributed by atoms with Crippen LogP contribution in [0.2, 0.25) is 5.02 Å². The third kappa shape index (κ3) is 4.84. The first-order valence-electron chi connectivity index (χ1n) is 5.92. The van der Waals surface area contributed by atoms with Crippen LogP contribution < -0.4 is 15.4 Å². The molecular weight excluding hydrogens is 318 g/mol. The van der Waals surface area contributed by atoms with Crippen molar-refractivity contribution in [3.05, 3.63) is 53.6 Å². The summed E-state index contributed by atoms with van der Waals surface area (Å²) in [6.07, 6.45) is 0. The van der Waals surface area contributed by atoms with Gasteiger partial charge in [0.15, 0.2) is 5.11 Å². The molecule has 3 nitrogen and oxygen atoms in total. The maximum absolute atomic E-state index is 12.0. The van der Waals surface area contributed by atoms with Crippen molar-refractivity contribution in [3.63, 3.8) is 0 Å². The van der Waals surface area contributed by atoms with E-state index in [0.29, 0.717) is 21.5 Å². The highest BCUT2D eigenvalue weighted by molar-refractivity contribution is 7.80. The Bertz CT molecular complexity index is 623. The topological polar surface area (TPSA) is 33.3 Å². The Kier molecular flexibility index (Phi) is 5.30. The minimum atomic E-state index is -2.84. The van der Waals surface area contributed by atoms with Crippen LogP contribution in [-0.4, -0.2) is 11.7 Å². The van der Waals surface area contributed by atoms with Gasteiger partial charge < -0.3 is 15.4 Å². The van der Waals surface area contributed by atoms with Crippen LogP contribution in [0.4, 0.5) is 20.2 Å². The lowest BCUT2D eigenvalue weighted by atomic mass is 10.3. The van der Waals surface area contributed by atoms with E-state index in [4.69, 9.17) is 23.8 Å². The quantitative estimate of drug-likeness (QED) is 0.793. The largest absolute Gasteiger partial charge is 0.435 e. The van der Waals surface area contributed by atoms with Gasteiger partial charge in [-0.05, 0) is 48.6 Å². The van der Waals surface area contributed by atoms with E-state index < -0.39 is 6.61 Å². The minimum Gasteiger partial charge on any atom is -0.435 e. The zero-order chi connectivity index (χ0) is 15.2. The van der Waals surface area contributed by atoms with Gasteiger partial charge in [-0.2, -0.15) is 8.78 Å². The number of nitrogens with one attached hydrogen (secondary N) is 2. The van der Waals surface area contributed by atoms with Gasteiger partial charge >= 0.3 is 6.61 Å². The number of benzene rings is 2. The molecule has 0 unspecified atom stereocenters. The predicted molar refractivity (Wildman–Crippen MR) is 84.4 cm³/mol. The van der Waals surface area contributed by atoms with E-state index in [2.05, 4.69) is 15.4 Å². The molecule has 0 saturated carbocycles. The minimum absolute atomic E-state index is 0.0838. The normalized spacial score (nSPS) is 10.3. The average molecular weight is 329 g/mol. The summed E-state index contributed by atoms with van der Waals surface area (Å²) in [5.41, 5.74) is 1.32. The molecule has 0 saturated heterocycles. The number of halogens is 3. The molecule has 2 aromatic carbocycles. The van der Waals surface area contributed by atoms with Gasteiger partial charge in [0, 0.05) is 5.69 Å². The van der Waals surface area contributed by atoms with Gasteiger partial charge in [-0.15, -0.1) is 0 Å². The lowest BCUT2D eigenvalue weighted by Gasteiger charge is -2.12. The average Bonchev–Trinajstić information content (AvgIpc) is 2.43. The zero-order valence-electron chi connectivity index (χ0n) is 10.6. The van der Waals surface area contributed by atoms with Crippen LogP contribution in [-0.2, 0) is 0 Å². The molecule has 0 fully saturated rings. The number of rotatable bonds is 4. The van der Waals surface area contributed by atoms with E-state index in [1.807, 2.05) is 12.1 Å². The SMILES string of the molecule is FC(F)Oc1ccc(NC(=S)Nc2ccccc2Cl)cc1. The van der Waals surface area contributed by atoms with Crippen molar-refractivity contribution in [2.75, 3.05) is 10.6 Å². The highest BCUT2D eigenvalue weighted by atomic mass is 35.5. The van der Waals surface area contributed by atoms with E-state index in [0.717, 1.165) is 0 Å². The predicted octanol–water partition coefficient (Wildman–Crippen LogP) is 4.75. The maximum atomic E-state index is 12.0. The fraction of sp³-hybridized carbons (Fsp3) is 0.0714. The van der Waals surface area contributed by atoms with E-state index in [9.17, 15) is 8.78 Å². The first-order chi connectivity index (χ1) is 10.0. The number of alkyl halides is 2. The third-order valence-corrected chi connectivity index (χ3v) is 2.99. The van der Waals surface area contributed by atoms with Crippen molar-refractivity contribution in [1.82, 2.24) is 0 Å². The van der Waals surface area contributed by atoms with E-state index >= 15 is 0 Å². The molecule has 0 bridgehead atoms. The van der Waals surface area contributed by atoms with E-state index in [-0.39, 0.29) is 5.75 Å². The molecule has 0 atom stereocenters. The zero-order valence-corrected chi connectivity index (χ0v) is 12.2. The second-order valence-electron chi connectivity index (χ2n) is 3.96. The highest BCUT2D eigenvalue weighted by Crippen LogP contribution is 2.21. The second-order valence-corrected chi connectivity index (χ2v) is 4.78. The Labute approximate surface area is 130 Å². The van der Waals surface area contributed by atoms with Crippen molar-refractivity contribution in [1.29, 1.82) is 0 Å². The molecule has 2 rings (SSSR count). The van der Waals surface area contributed by atoms with Crippen molar-refractivity contribution in [2.24, 2.45) is 0 Å². The summed E-state index contributed by atoms with van der Waals surface area (Å²) in [4.78, 5) is 0. The molecule has 0 aliphatic heterocycles. The summed E-state index contributed by atoms with van der Waals surface area (Å²) in [6.45, 7) is -2.84. The van der Waals surface area contributed by atoms with Crippen LogP contribution in [0.5, 0.6) is 5.75 Å². The van der Waals surface area contributed by atoms with E-state index in [1.165, 1.54) is 12.1 Å². The molecule has 2 aromatic rings. The van der Waals surface area contributed by atoms with Crippen LogP contribution in [0.3, 0.4) is 0 Å². The molecule has 0 aliphatic carbocycles. The summed E-state index contributed by atoms with van der Waals surface area (Å²) in [5, 5.41) is 6.74. The monoisotopic (exact) mass is 328 g/mol. The number of ether oxygens (including phenoxy) is 1. The van der Waals surface area contributed by atoms with Gasteiger partial charge in [0.05, 0.1) is 10.7 Å². The lowest BCUT2D eigenvalue weighted by Crippen LogP contribution is -2.19. The summed E-state index contributed by atoms with van der Waals surface area (Å²) in [7, 11) is 0. The van der Waals surface area contributed by atoms with Crippen LogP contribution in [0.1, 0.15) is 0 Å². The van der Waals surface area contributed by atoms with Gasteiger partial charge in [-0.25, -0.2) is 0 Å². The summed E-state index contributed by atoms with van der Waals surface area (Å²) in [5.74, 6) is 0.0838. The third-order valence-electron chi connectivity index (χ3n) is 2.46. The first-order valence-corrected chi connectivity index (χ1v) is 6.70. The summed E-state index contributed by atoms with van der Waals surface area (Å²) >= 11 is 11.2. The number of anilines is 2. The standard InChI is InChI=1S/C14H11ClF2N2OS/c15-11-3-1-2-4-12(11)19-14(21)18-9-5-7-10(8-6-9)20-13(16)17/h1-8,13H,(H2,18,19,21). The Morgan fingerprint density at radius 2 is 1.71 bits per heavy atom. The van der Waals surface area contributed by atoms with Gasteiger partial charge in [0.25, 0.3) is 0 Å². The molecule has 0 aliphatic rings. The summed E-state index contributed by atoms with van der Waals surface area (Å²) < 4.78 is 28.3. The number of hydrogen-bond donors (Lipinski definition) is 2. The first kappa shape index (κ1) is 15.5. The molecule has 7 heteroatoms. The molecule has 0 spiro atoms. The van der Waals surface area contributed by atoms with Crippen molar-refractivity contribution < 1.29 is 13.5 Å². The molecule has 110 valence electrons. The number of para-hydroxylation sites is 1. The van der Waals surface area contributed by atoms with Crippen LogP contribution in [0, 0.1) is 0 Å². The Morgan fingerprint density at radius 1 is 1.05 bits per heavy atom. The van der Waals surface area contributed by atoms with Crippen molar-refractivity contribution >= 4 is 40.3 Å². The molecule has 2 N–H and O–H groups in total. The van der Waals surface area contributed by atoms with Gasteiger partial charge in [-0.1, -0.05) is 23.7 Å². The number of thiocarbonyl (C=S) groups is 1. The highest BCUT2D eigenvalue weighted by Gasteiger charge is 2.05. The fourth-order valence-corrected chi connectivity index (χ4v) is 1.98. The maximum Gasteiger partial charge on any atom is 0.387 e. The van der Waals surface area contributed by atoms with Crippen LogP contribution in [0.15, 0.2) is 48.5 Å². The molecular formula is C14H11ClF2N2OS. The lowest BCUT2D eigenvalue weighted by molar-refractivity contribution is -0.0498. The second kappa shape index (κ2) is 7.19. The fourth-order valence-electron chi connectivity index (χ4n) is 1.57. The van der Waals surface area contributed by atoms with Crippen molar-refractivity contribution in [3.8, 4) is 5.75 Å². The van der Waals surface area contributed by atoms with Crippen molar-refractivity contribution in [2.45, 2.75) is 6.61 Å². The molecule has 0 amide bonds. The molecule has 0 aromatic heterocycles. The Hall–Kier alpha value is -1.92. The van der Waals surface area contributed by atoms with Gasteiger partial charge in [-0.3, -0.25) is 0 Å². The Balaban J connectivity index is 1.95. The van der Waals surface area contributed by atoms with E-state index in [1.54, 1.807) is 24.3 Å². The number of hydrogen-bond acceptors (Lipinski definition) is 2. The summed E-state index contributed by atoms with van der Waals surface area (Å²) in [6, 6.07) is 13.2. The molecule has 0 radical (unpaired) electrons.